The van der Waals surface area contributed by atoms with Gasteiger partial charge < -0.3 is 9.64 Å². The molecule has 0 aliphatic carbocycles. The summed E-state index contributed by atoms with van der Waals surface area (Å²) in [4.78, 5) is 14.0. The molecular weight excluding hydrogens is 270 g/mol. The minimum atomic E-state index is 0.0469. The van der Waals surface area contributed by atoms with E-state index >= 15 is 0 Å². The number of anilines is 1. The summed E-state index contributed by atoms with van der Waals surface area (Å²) < 4.78 is 5.58. The van der Waals surface area contributed by atoms with Gasteiger partial charge in [0.15, 0.2) is 0 Å². The molecule has 114 valence electrons. The third-order valence-electron chi connectivity index (χ3n) is 3.56. The van der Waals surface area contributed by atoms with Crippen molar-refractivity contribution in [2.45, 2.75) is 46.5 Å². The van der Waals surface area contributed by atoms with Gasteiger partial charge in [0.2, 0.25) is 5.43 Å². The zero-order valence-electron chi connectivity index (χ0n) is 13.4. The van der Waals surface area contributed by atoms with E-state index in [-0.39, 0.29) is 5.43 Å². The number of hydrogen-bond donors (Lipinski definition) is 0. The van der Waals surface area contributed by atoms with Crippen LogP contribution in [0.15, 0.2) is 4.79 Å². The van der Waals surface area contributed by atoms with Gasteiger partial charge in [-0.2, -0.15) is 0 Å². The van der Waals surface area contributed by atoms with Crippen molar-refractivity contribution < 1.29 is 4.74 Å². The van der Waals surface area contributed by atoms with Crippen molar-refractivity contribution in [1.82, 2.24) is 0 Å². The van der Waals surface area contributed by atoms with Gasteiger partial charge in [-0.25, -0.2) is 0 Å². The SMILES string of the molecule is COCCCc1c(N(C)CCCC(C)(C)C)c(=O)c1=S. The molecule has 0 saturated heterocycles. The highest BCUT2D eigenvalue weighted by Crippen LogP contribution is 2.24. The van der Waals surface area contributed by atoms with Crippen LogP contribution in [0.3, 0.4) is 0 Å². The molecular formula is C16H27NO2S. The van der Waals surface area contributed by atoms with E-state index in [1.807, 2.05) is 7.05 Å². The molecule has 4 heteroatoms. The summed E-state index contributed by atoms with van der Waals surface area (Å²) in [6.07, 6.45) is 4.01. The van der Waals surface area contributed by atoms with Gasteiger partial charge in [0.05, 0.1) is 10.2 Å². The number of nitrogens with zero attached hydrogens (tertiary/aromatic N) is 1. The predicted octanol–water partition coefficient (Wildman–Crippen LogP) is 3.49. The molecule has 0 fully saturated rings. The monoisotopic (exact) mass is 297 g/mol. The summed E-state index contributed by atoms with van der Waals surface area (Å²) in [6, 6.07) is 0. The molecule has 0 saturated carbocycles. The van der Waals surface area contributed by atoms with E-state index in [0.717, 1.165) is 43.5 Å². The van der Waals surface area contributed by atoms with Gasteiger partial charge in [-0.1, -0.05) is 33.0 Å². The maximum Gasteiger partial charge on any atom is 0.220 e. The van der Waals surface area contributed by atoms with Crippen LogP contribution in [0, 0.1) is 9.93 Å². The summed E-state index contributed by atoms with van der Waals surface area (Å²) in [6.45, 7) is 8.35. The smallest absolute Gasteiger partial charge is 0.220 e. The maximum atomic E-state index is 11.9. The molecule has 1 rings (SSSR count). The Bertz CT molecular complexity index is 495. The van der Waals surface area contributed by atoms with Crippen molar-refractivity contribution in [1.29, 1.82) is 0 Å². The van der Waals surface area contributed by atoms with Crippen LogP contribution in [0.25, 0.3) is 0 Å². The van der Waals surface area contributed by atoms with Gasteiger partial charge >= 0.3 is 0 Å². The van der Waals surface area contributed by atoms with E-state index in [1.165, 1.54) is 0 Å². The number of ether oxygens (including phenoxy) is 1. The molecule has 0 aliphatic rings. The van der Waals surface area contributed by atoms with Crippen molar-refractivity contribution in [3.63, 3.8) is 0 Å². The highest BCUT2D eigenvalue weighted by Gasteiger charge is 2.21. The Morgan fingerprint density at radius 1 is 1.25 bits per heavy atom. The van der Waals surface area contributed by atoms with E-state index in [1.54, 1.807) is 7.11 Å². The second-order valence-corrected chi connectivity index (χ2v) is 7.08. The number of rotatable bonds is 8. The molecule has 1 aromatic carbocycles. The Labute approximate surface area is 127 Å². The minimum absolute atomic E-state index is 0.0469. The normalized spacial score (nSPS) is 12.1. The van der Waals surface area contributed by atoms with E-state index in [9.17, 15) is 4.79 Å². The van der Waals surface area contributed by atoms with E-state index in [4.69, 9.17) is 17.0 Å². The summed E-state index contributed by atoms with van der Waals surface area (Å²) in [7, 11) is 3.69. The van der Waals surface area contributed by atoms with Crippen molar-refractivity contribution in [3.8, 4) is 0 Å². The first-order chi connectivity index (χ1) is 9.28. The van der Waals surface area contributed by atoms with E-state index in [2.05, 4.69) is 25.7 Å². The molecule has 0 aromatic heterocycles. The average molecular weight is 297 g/mol. The number of hydrogen-bond acceptors (Lipinski definition) is 4. The molecule has 0 bridgehead atoms. The quantitative estimate of drug-likeness (QED) is 0.542. The molecule has 20 heavy (non-hydrogen) atoms. The molecule has 3 nitrogen and oxygen atoms in total. The second kappa shape index (κ2) is 7.32. The lowest BCUT2D eigenvalue weighted by Crippen LogP contribution is -2.31. The van der Waals surface area contributed by atoms with Gasteiger partial charge in [0, 0.05) is 32.9 Å². The molecule has 0 amide bonds. The zero-order chi connectivity index (χ0) is 15.3. The van der Waals surface area contributed by atoms with Crippen LogP contribution in [0.4, 0.5) is 5.69 Å². The Kier molecular flexibility index (Phi) is 6.34. The fourth-order valence-corrected chi connectivity index (χ4v) is 2.71. The van der Waals surface area contributed by atoms with Crippen LogP contribution in [-0.4, -0.2) is 27.3 Å². The highest BCUT2D eigenvalue weighted by molar-refractivity contribution is 7.71. The molecule has 0 radical (unpaired) electrons. The highest BCUT2D eigenvalue weighted by atomic mass is 32.1. The summed E-state index contributed by atoms with van der Waals surface area (Å²) in [5.74, 6) is 0. The fourth-order valence-electron chi connectivity index (χ4n) is 2.41. The molecule has 0 heterocycles. The lowest BCUT2D eigenvalue weighted by atomic mass is 9.90. The lowest BCUT2D eigenvalue weighted by Gasteiger charge is -2.26. The van der Waals surface area contributed by atoms with Crippen LogP contribution in [-0.2, 0) is 11.2 Å². The average Bonchev–Trinajstić information content (AvgIpc) is 2.35. The van der Waals surface area contributed by atoms with Crippen molar-refractivity contribution >= 4 is 17.9 Å². The second-order valence-electron chi connectivity index (χ2n) is 6.67. The maximum absolute atomic E-state index is 11.9. The third-order valence-corrected chi connectivity index (χ3v) is 3.99. The summed E-state index contributed by atoms with van der Waals surface area (Å²) in [5.41, 5.74) is 2.28. The van der Waals surface area contributed by atoms with Crippen LogP contribution >= 0.6 is 12.2 Å². The minimum Gasteiger partial charge on any atom is -0.385 e. The van der Waals surface area contributed by atoms with Crippen molar-refractivity contribution in [2.24, 2.45) is 5.41 Å². The third kappa shape index (κ3) is 4.67. The van der Waals surface area contributed by atoms with Crippen LogP contribution in [0.5, 0.6) is 0 Å². The first kappa shape index (κ1) is 17.3. The fraction of sp³-hybridized carbons (Fsp3) is 0.750. The van der Waals surface area contributed by atoms with Crippen LogP contribution in [0.1, 0.15) is 45.6 Å². The lowest BCUT2D eigenvalue weighted by molar-refractivity contribution is 0.195. The van der Waals surface area contributed by atoms with Crippen LogP contribution in [0.2, 0.25) is 0 Å². The van der Waals surface area contributed by atoms with Gasteiger partial charge in [0.1, 0.15) is 0 Å². The standard InChI is InChI=1S/C16H27NO2S/c1-16(2,3)9-7-10-17(4)13-12(8-6-11-19-5)15(20)14(13)18/h6-11H2,1-5H3. The summed E-state index contributed by atoms with van der Waals surface area (Å²) in [5, 5.41) is 0. The topological polar surface area (TPSA) is 29.5 Å². The Balaban J connectivity index is 2.59. The Hall–Kier alpha value is -0.740. The van der Waals surface area contributed by atoms with Crippen molar-refractivity contribution in [2.75, 3.05) is 32.2 Å². The Morgan fingerprint density at radius 3 is 2.45 bits per heavy atom. The first-order valence-corrected chi connectivity index (χ1v) is 7.71. The van der Waals surface area contributed by atoms with Gasteiger partial charge in [-0.05, 0) is 31.1 Å². The zero-order valence-corrected chi connectivity index (χ0v) is 14.2. The van der Waals surface area contributed by atoms with Crippen LogP contribution < -0.4 is 10.3 Å². The van der Waals surface area contributed by atoms with Crippen molar-refractivity contribution in [3.05, 3.63) is 20.3 Å². The molecule has 0 aliphatic heterocycles. The van der Waals surface area contributed by atoms with Gasteiger partial charge in [-0.15, -0.1) is 0 Å². The molecule has 0 unspecified atom stereocenters. The predicted molar refractivity (Wildman–Crippen MR) is 88.1 cm³/mol. The molecule has 1 aromatic rings. The van der Waals surface area contributed by atoms with E-state index < -0.39 is 0 Å². The molecule has 0 atom stereocenters. The Morgan fingerprint density at radius 2 is 1.90 bits per heavy atom. The van der Waals surface area contributed by atoms with E-state index in [0.29, 0.717) is 16.5 Å². The van der Waals surface area contributed by atoms with Gasteiger partial charge in [-0.3, -0.25) is 4.79 Å². The molecule has 0 N–H and O–H groups in total. The van der Waals surface area contributed by atoms with Gasteiger partial charge in [0.25, 0.3) is 0 Å². The molecule has 0 spiro atoms. The number of methoxy groups -OCH3 is 1. The summed E-state index contributed by atoms with van der Waals surface area (Å²) >= 11 is 5.17. The first-order valence-electron chi connectivity index (χ1n) is 7.30. The largest absolute Gasteiger partial charge is 0.385 e.